The Morgan fingerprint density at radius 3 is 2.57 bits per heavy atom. The minimum atomic E-state index is -3.03. The second kappa shape index (κ2) is 5.86. The summed E-state index contributed by atoms with van der Waals surface area (Å²) in [6, 6.07) is 4.08. The van der Waals surface area contributed by atoms with Crippen LogP contribution < -0.4 is 15.0 Å². The van der Waals surface area contributed by atoms with Crippen LogP contribution in [0.5, 0.6) is 11.5 Å². The van der Waals surface area contributed by atoms with Crippen molar-refractivity contribution < 1.29 is 22.6 Å². The highest BCUT2D eigenvalue weighted by atomic mass is 19.3. The Kier molecular flexibility index (Phi) is 4.15. The SMILES string of the molecule is COc1ccc(-c2nc(C)c(F)c(=O)[nH]2)cc1OC(F)F. The van der Waals surface area contributed by atoms with Crippen molar-refractivity contribution in [1.82, 2.24) is 9.97 Å². The number of methoxy groups -OCH3 is 1. The molecule has 5 nitrogen and oxygen atoms in total. The summed E-state index contributed by atoms with van der Waals surface area (Å²) in [4.78, 5) is 17.5. The molecule has 1 aromatic heterocycles. The van der Waals surface area contributed by atoms with E-state index in [4.69, 9.17) is 4.74 Å². The maximum absolute atomic E-state index is 13.2. The van der Waals surface area contributed by atoms with E-state index < -0.39 is 18.0 Å². The van der Waals surface area contributed by atoms with Crippen molar-refractivity contribution in [1.29, 1.82) is 0 Å². The lowest BCUT2D eigenvalue weighted by Gasteiger charge is -2.11. The van der Waals surface area contributed by atoms with Gasteiger partial charge in [0, 0.05) is 5.56 Å². The molecule has 0 aliphatic rings. The zero-order valence-electron chi connectivity index (χ0n) is 11.1. The van der Waals surface area contributed by atoms with Gasteiger partial charge in [0.05, 0.1) is 12.8 Å². The predicted molar refractivity (Wildman–Crippen MR) is 68.2 cm³/mol. The van der Waals surface area contributed by atoms with Crippen molar-refractivity contribution in [3.8, 4) is 22.9 Å². The Morgan fingerprint density at radius 1 is 1.29 bits per heavy atom. The number of aromatic amines is 1. The van der Waals surface area contributed by atoms with E-state index in [-0.39, 0.29) is 28.6 Å². The first-order valence-corrected chi connectivity index (χ1v) is 5.82. The molecule has 1 heterocycles. The molecule has 0 bridgehead atoms. The number of aromatic nitrogens is 2. The van der Waals surface area contributed by atoms with E-state index in [1.807, 2.05) is 0 Å². The van der Waals surface area contributed by atoms with E-state index in [1.54, 1.807) is 0 Å². The molecule has 1 N–H and O–H groups in total. The van der Waals surface area contributed by atoms with Crippen LogP contribution in [0, 0.1) is 12.7 Å². The Bertz CT molecular complexity index is 716. The number of hydrogen-bond donors (Lipinski definition) is 1. The number of halogens is 3. The van der Waals surface area contributed by atoms with E-state index in [0.29, 0.717) is 0 Å². The van der Waals surface area contributed by atoms with Gasteiger partial charge >= 0.3 is 6.61 Å². The third-order valence-corrected chi connectivity index (χ3v) is 2.68. The number of benzene rings is 1. The zero-order valence-corrected chi connectivity index (χ0v) is 11.1. The molecule has 0 amide bonds. The van der Waals surface area contributed by atoms with Gasteiger partial charge in [-0.25, -0.2) is 4.98 Å². The lowest BCUT2D eigenvalue weighted by atomic mass is 10.2. The summed E-state index contributed by atoms with van der Waals surface area (Å²) in [6.45, 7) is -1.70. The molecule has 0 saturated carbocycles. The molecule has 0 aliphatic carbocycles. The van der Waals surface area contributed by atoms with Crippen LogP contribution in [0.1, 0.15) is 5.69 Å². The summed E-state index contributed by atoms with van der Waals surface area (Å²) in [5.41, 5.74) is -0.753. The van der Waals surface area contributed by atoms with E-state index in [2.05, 4.69) is 14.7 Å². The summed E-state index contributed by atoms with van der Waals surface area (Å²) in [7, 11) is 1.30. The number of hydrogen-bond acceptors (Lipinski definition) is 4. The molecule has 8 heteroatoms. The number of nitrogens with zero attached hydrogens (tertiary/aromatic N) is 1. The second-order valence-corrected chi connectivity index (χ2v) is 4.06. The van der Waals surface area contributed by atoms with E-state index in [0.717, 1.165) is 0 Å². The summed E-state index contributed by atoms with van der Waals surface area (Å²) in [6.07, 6.45) is 0. The highest BCUT2D eigenvalue weighted by Crippen LogP contribution is 2.32. The fourth-order valence-electron chi connectivity index (χ4n) is 1.72. The molecule has 21 heavy (non-hydrogen) atoms. The first-order chi connectivity index (χ1) is 9.92. The number of alkyl halides is 2. The predicted octanol–water partition coefficient (Wildman–Crippen LogP) is 2.49. The third-order valence-electron chi connectivity index (χ3n) is 2.68. The standard InChI is InChI=1S/C13H11F3N2O3/c1-6-10(14)12(19)18-11(17-6)7-3-4-8(20-2)9(5-7)21-13(15)16/h3-5,13H,1-2H3,(H,17,18,19). The van der Waals surface area contributed by atoms with E-state index in [1.165, 1.54) is 32.2 Å². The van der Waals surface area contributed by atoms with Gasteiger partial charge in [0.25, 0.3) is 5.56 Å². The number of H-pyrrole nitrogens is 1. The second-order valence-electron chi connectivity index (χ2n) is 4.06. The molecule has 112 valence electrons. The van der Waals surface area contributed by atoms with Gasteiger partial charge in [-0.3, -0.25) is 4.79 Å². The molecule has 2 aromatic rings. The summed E-state index contributed by atoms with van der Waals surface area (Å²) >= 11 is 0. The highest BCUT2D eigenvalue weighted by molar-refractivity contribution is 5.61. The Morgan fingerprint density at radius 2 is 2.00 bits per heavy atom. The molecule has 1 aromatic carbocycles. The van der Waals surface area contributed by atoms with E-state index >= 15 is 0 Å². The largest absolute Gasteiger partial charge is 0.493 e. The van der Waals surface area contributed by atoms with E-state index in [9.17, 15) is 18.0 Å². The van der Waals surface area contributed by atoms with Crippen LogP contribution >= 0.6 is 0 Å². The van der Waals surface area contributed by atoms with Gasteiger partial charge in [0.2, 0.25) is 5.82 Å². The first-order valence-electron chi connectivity index (χ1n) is 5.82. The lowest BCUT2D eigenvalue weighted by Crippen LogP contribution is -2.15. The highest BCUT2D eigenvalue weighted by Gasteiger charge is 2.14. The van der Waals surface area contributed by atoms with Crippen molar-refractivity contribution in [2.45, 2.75) is 13.5 Å². The van der Waals surface area contributed by atoms with Crippen LogP contribution in [-0.2, 0) is 0 Å². The molecule has 0 saturated heterocycles. The van der Waals surface area contributed by atoms with Crippen molar-refractivity contribution in [2.75, 3.05) is 7.11 Å². The van der Waals surface area contributed by atoms with Gasteiger partial charge in [-0.1, -0.05) is 0 Å². The Hall–Kier alpha value is -2.51. The molecule has 0 radical (unpaired) electrons. The maximum Gasteiger partial charge on any atom is 0.387 e. The summed E-state index contributed by atoms with van der Waals surface area (Å²) < 4.78 is 47.2. The van der Waals surface area contributed by atoms with Crippen LogP contribution in [0.15, 0.2) is 23.0 Å². The van der Waals surface area contributed by atoms with Crippen LogP contribution in [0.2, 0.25) is 0 Å². The number of rotatable bonds is 4. The third kappa shape index (κ3) is 3.15. The maximum atomic E-state index is 13.2. The summed E-state index contributed by atoms with van der Waals surface area (Å²) in [5, 5.41) is 0. The van der Waals surface area contributed by atoms with Crippen LogP contribution in [0.4, 0.5) is 13.2 Å². The van der Waals surface area contributed by atoms with Gasteiger partial charge in [0.1, 0.15) is 5.82 Å². The molecule has 0 unspecified atom stereocenters. The zero-order chi connectivity index (χ0) is 15.6. The fraction of sp³-hybridized carbons (Fsp3) is 0.231. The first kappa shape index (κ1) is 14.9. The quantitative estimate of drug-likeness (QED) is 0.942. The molecular formula is C13H11F3N2O3. The molecular weight excluding hydrogens is 289 g/mol. The minimum absolute atomic E-state index is 0.0423. The van der Waals surface area contributed by atoms with Crippen LogP contribution in [-0.4, -0.2) is 23.7 Å². The topological polar surface area (TPSA) is 64.2 Å². The molecule has 2 rings (SSSR count). The number of ether oxygens (including phenoxy) is 2. The van der Waals surface area contributed by atoms with Crippen molar-refractivity contribution in [3.05, 3.63) is 40.1 Å². The van der Waals surface area contributed by atoms with Gasteiger partial charge in [-0.2, -0.15) is 13.2 Å². The lowest BCUT2D eigenvalue weighted by molar-refractivity contribution is -0.0511. The monoisotopic (exact) mass is 300 g/mol. The van der Waals surface area contributed by atoms with Crippen LogP contribution in [0.3, 0.4) is 0 Å². The van der Waals surface area contributed by atoms with Gasteiger partial charge in [-0.15, -0.1) is 0 Å². The number of aryl methyl sites for hydroxylation is 1. The molecule has 0 atom stereocenters. The minimum Gasteiger partial charge on any atom is -0.493 e. The Labute approximate surface area is 117 Å². The van der Waals surface area contributed by atoms with Gasteiger partial charge < -0.3 is 14.5 Å². The van der Waals surface area contributed by atoms with Crippen molar-refractivity contribution in [3.63, 3.8) is 0 Å². The fourth-order valence-corrected chi connectivity index (χ4v) is 1.72. The molecule has 0 aliphatic heterocycles. The smallest absolute Gasteiger partial charge is 0.387 e. The Balaban J connectivity index is 2.52. The summed E-state index contributed by atoms with van der Waals surface area (Å²) in [5.74, 6) is -1.06. The molecule has 0 spiro atoms. The van der Waals surface area contributed by atoms with Gasteiger partial charge in [0.15, 0.2) is 11.5 Å². The molecule has 0 fully saturated rings. The van der Waals surface area contributed by atoms with Crippen LogP contribution in [0.25, 0.3) is 11.4 Å². The van der Waals surface area contributed by atoms with Gasteiger partial charge in [-0.05, 0) is 25.1 Å². The normalized spacial score (nSPS) is 10.8. The average molecular weight is 300 g/mol. The average Bonchev–Trinajstić information content (AvgIpc) is 2.43. The van der Waals surface area contributed by atoms with Crippen molar-refractivity contribution in [2.24, 2.45) is 0 Å². The number of nitrogens with one attached hydrogen (secondary N) is 1. The van der Waals surface area contributed by atoms with Crippen molar-refractivity contribution >= 4 is 0 Å².